The Morgan fingerprint density at radius 2 is 2.09 bits per heavy atom. The fourth-order valence-corrected chi connectivity index (χ4v) is 0.504. The second kappa shape index (κ2) is 10.2. The average molecular weight is 231 g/mol. The molecule has 0 radical (unpaired) electrons. The number of hydrogen-bond donors (Lipinski definition) is 0. The normalized spacial score (nSPS) is 6.27. The minimum atomic E-state index is 0. The fraction of sp³-hybridized carbons (Fsp3) is 0.143. The maximum atomic E-state index is 4.88. The van der Waals surface area contributed by atoms with Gasteiger partial charge in [0.15, 0.2) is 0 Å². The average Bonchev–Trinajstić information content (AvgIpc) is 1.90. The Morgan fingerprint density at radius 1 is 1.45 bits per heavy atom. The third-order valence-electron chi connectivity index (χ3n) is 0.914. The van der Waals surface area contributed by atoms with Crippen LogP contribution in [0.1, 0.15) is 0 Å². The molecule has 4 heteroatoms. The number of benzene rings is 1. The van der Waals surface area contributed by atoms with Gasteiger partial charge in [-0.1, -0.05) is 0 Å². The molecule has 0 unspecified atom stereocenters. The fourth-order valence-electron chi connectivity index (χ4n) is 0.504. The minimum absolute atomic E-state index is 0. The van der Waals surface area contributed by atoms with Gasteiger partial charge in [-0.3, -0.25) is 0 Å². The van der Waals surface area contributed by atoms with E-state index in [1.54, 1.807) is 13.2 Å². The van der Waals surface area contributed by atoms with Crippen molar-refractivity contribution in [2.75, 3.05) is 7.11 Å². The first-order valence-corrected chi connectivity index (χ1v) is 2.43. The molecule has 0 N–H and O–H groups in total. The first-order chi connectivity index (χ1) is 3.93. The number of rotatable bonds is 1. The quantitative estimate of drug-likeness (QED) is 0.431. The molecule has 1 aromatic rings. The summed E-state index contributed by atoms with van der Waals surface area (Å²) in [6, 6.07) is 10.3. The number of methoxy groups -OCH3 is 1. The zero-order valence-electron chi connectivity index (χ0n) is 6.21. The molecule has 0 spiro atoms. The van der Waals surface area contributed by atoms with Crippen molar-refractivity contribution in [3.8, 4) is 5.75 Å². The maximum absolute atomic E-state index is 4.88. The summed E-state index contributed by atoms with van der Waals surface area (Å²) >= 11 is 0. The molecule has 0 bridgehead atoms. The molecule has 1 aromatic carbocycles. The van der Waals surface area contributed by atoms with Crippen LogP contribution in [0.3, 0.4) is 0 Å². The molecule has 0 aliphatic rings. The second-order valence-corrected chi connectivity index (χ2v) is 1.44. The predicted octanol–water partition coefficient (Wildman–Crippen LogP) is -1.30. The van der Waals surface area contributed by atoms with E-state index in [9.17, 15) is 0 Å². The van der Waals surface area contributed by atoms with Crippen molar-refractivity contribution in [3.63, 3.8) is 0 Å². The largest absolute Gasteiger partial charge is 2.00 e. The molecule has 0 aliphatic carbocycles. The summed E-state index contributed by atoms with van der Waals surface area (Å²) in [5.74, 6) is 0.854. The van der Waals surface area contributed by atoms with Gasteiger partial charge in [-0.2, -0.15) is 18.2 Å². The third-order valence-corrected chi connectivity index (χ3v) is 0.914. The standard InChI is InChI=1S/C7H7O.BrH.FH.Mg/c1-8-7-5-3-2-4-6-7;;;/h2-3,5-6H,1H3;2*1H;/q-1;;;+2/p-1. The first-order valence-electron chi connectivity index (χ1n) is 2.43. The van der Waals surface area contributed by atoms with Crippen molar-refractivity contribution in [1.82, 2.24) is 0 Å². The van der Waals surface area contributed by atoms with Crippen molar-refractivity contribution in [2.24, 2.45) is 0 Å². The molecular formula is C7H8BrFMgO. The van der Waals surface area contributed by atoms with Crippen LogP contribution in [0.4, 0.5) is 0 Å². The predicted molar refractivity (Wildman–Crippen MR) is 47.9 cm³/mol. The molecule has 0 heterocycles. The summed E-state index contributed by atoms with van der Waals surface area (Å²) in [7, 11) is 1.64. The summed E-state index contributed by atoms with van der Waals surface area (Å²) < 4.78 is 4.88. The zero-order valence-corrected chi connectivity index (χ0v) is 9.34. The molecule has 0 saturated carbocycles. The van der Waals surface area contributed by atoms with E-state index in [0.29, 0.717) is 0 Å². The van der Waals surface area contributed by atoms with E-state index in [-0.39, 0.29) is 44.7 Å². The van der Waals surface area contributed by atoms with Crippen LogP contribution in [0.25, 0.3) is 0 Å². The maximum Gasteiger partial charge on any atom is 2.00 e. The number of hydrogen-bond acceptors (Lipinski definition) is 1. The van der Waals surface area contributed by atoms with Gasteiger partial charge in [0.25, 0.3) is 0 Å². The molecule has 1 nitrogen and oxygen atoms in total. The van der Waals surface area contributed by atoms with Crippen LogP contribution in [-0.4, -0.2) is 30.2 Å². The SMILES string of the molecule is Br.COc1c[c-]ccc1.[F-].[Mg+2]. The van der Waals surface area contributed by atoms with E-state index >= 15 is 0 Å². The van der Waals surface area contributed by atoms with E-state index in [1.165, 1.54) is 0 Å². The Bertz CT molecular complexity index is 160. The molecule has 0 amide bonds. The molecule has 0 aromatic heterocycles. The van der Waals surface area contributed by atoms with Crippen LogP contribution in [0.2, 0.25) is 0 Å². The molecule has 11 heavy (non-hydrogen) atoms. The Hall–Kier alpha value is 0.196. The summed E-state index contributed by atoms with van der Waals surface area (Å²) in [6.07, 6.45) is 0. The molecular weight excluding hydrogens is 223 g/mol. The van der Waals surface area contributed by atoms with Gasteiger partial charge in [0, 0.05) is 5.75 Å². The van der Waals surface area contributed by atoms with Gasteiger partial charge in [0.05, 0.1) is 7.11 Å². The summed E-state index contributed by atoms with van der Waals surface area (Å²) in [5.41, 5.74) is 0. The van der Waals surface area contributed by atoms with Crippen LogP contribution in [-0.2, 0) is 0 Å². The van der Waals surface area contributed by atoms with Crippen molar-refractivity contribution < 1.29 is 9.44 Å². The van der Waals surface area contributed by atoms with Gasteiger partial charge in [0.2, 0.25) is 0 Å². The van der Waals surface area contributed by atoms with Gasteiger partial charge < -0.3 is 9.44 Å². The first kappa shape index (κ1) is 17.3. The third kappa shape index (κ3) is 6.59. The van der Waals surface area contributed by atoms with Crippen LogP contribution >= 0.6 is 17.0 Å². The van der Waals surface area contributed by atoms with E-state index in [2.05, 4.69) is 6.07 Å². The molecule has 1 rings (SSSR count). The van der Waals surface area contributed by atoms with Gasteiger partial charge in [0.1, 0.15) is 0 Å². The van der Waals surface area contributed by atoms with Crippen LogP contribution in [0.5, 0.6) is 5.75 Å². The van der Waals surface area contributed by atoms with Gasteiger partial charge >= 0.3 is 23.1 Å². The van der Waals surface area contributed by atoms with Gasteiger partial charge in [-0.25, -0.2) is 0 Å². The van der Waals surface area contributed by atoms with E-state index < -0.39 is 0 Å². The molecule has 0 saturated heterocycles. The Labute approximate surface area is 92.4 Å². The van der Waals surface area contributed by atoms with Crippen molar-refractivity contribution in [2.45, 2.75) is 0 Å². The summed E-state index contributed by atoms with van der Waals surface area (Å²) in [6.45, 7) is 0. The number of halogens is 2. The second-order valence-electron chi connectivity index (χ2n) is 1.44. The smallest absolute Gasteiger partial charge is 1.00 e. The van der Waals surface area contributed by atoms with Crippen LogP contribution in [0, 0.1) is 6.07 Å². The zero-order chi connectivity index (χ0) is 5.82. The Kier molecular flexibility index (Phi) is 16.1. The summed E-state index contributed by atoms with van der Waals surface area (Å²) in [4.78, 5) is 0. The van der Waals surface area contributed by atoms with Crippen molar-refractivity contribution in [1.29, 1.82) is 0 Å². The Balaban J connectivity index is -0.000000213. The summed E-state index contributed by atoms with van der Waals surface area (Å²) in [5, 5.41) is 0. The van der Waals surface area contributed by atoms with Crippen molar-refractivity contribution in [3.05, 3.63) is 30.3 Å². The topological polar surface area (TPSA) is 9.23 Å². The van der Waals surface area contributed by atoms with Gasteiger partial charge in [-0.05, 0) is 0 Å². The van der Waals surface area contributed by atoms with Crippen molar-refractivity contribution >= 4 is 40.0 Å². The monoisotopic (exact) mass is 230 g/mol. The van der Waals surface area contributed by atoms with E-state index in [4.69, 9.17) is 4.74 Å². The molecule has 0 aliphatic heterocycles. The minimum Gasteiger partial charge on any atom is -1.00 e. The number of ether oxygens (including phenoxy) is 1. The van der Waals surface area contributed by atoms with Crippen LogP contribution < -0.4 is 9.44 Å². The molecule has 0 fully saturated rings. The van der Waals surface area contributed by atoms with Crippen LogP contribution in [0.15, 0.2) is 24.3 Å². The molecule has 58 valence electrons. The van der Waals surface area contributed by atoms with Gasteiger partial charge in [-0.15, -0.1) is 29.1 Å². The molecule has 0 atom stereocenters. The van der Waals surface area contributed by atoms with E-state index in [0.717, 1.165) is 5.75 Å². The Morgan fingerprint density at radius 3 is 2.36 bits per heavy atom. The van der Waals surface area contributed by atoms with E-state index in [1.807, 2.05) is 18.2 Å².